The van der Waals surface area contributed by atoms with E-state index >= 15 is 0 Å². The second-order valence-corrected chi connectivity index (χ2v) is 2.70. The highest BCUT2D eigenvalue weighted by Crippen LogP contribution is 2.19. The smallest absolute Gasteiger partial charge is 0.444 e. The lowest BCUT2D eigenvalue weighted by Gasteiger charge is -1.99. The minimum absolute atomic E-state index is 1.89. The van der Waals surface area contributed by atoms with Crippen molar-refractivity contribution >= 4 is 22.9 Å². The normalized spacial score (nSPS) is 11.4. The molecule has 88 valence electrons. The van der Waals surface area contributed by atoms with Gasteiger partial charge in [0, 0.05) is 0 Å². The molecule has 0 aliphatic heterocycles. The van der Waals surface area contributed by atoms with Crippen molar-refractivity contribution in [3.05, 3.63) is 36.4 Å². The van der Waals surface area contributed by atoms with Gasteiger partial charge in [0.2, 0.25) is 5.17 Å². The zero-order valence-electron chi connectivity index (χ0n) is 7.78. The summed E-state index contributed by atoms with van der Waals surface area (Å²) in [7, 11) is 0. The Balaban J connectivity index is 0.000000315. The van der Waals surface area contributed by atoms with E-state index in [0.717, 1.165) is 0 Å². The molecule has 3 nitrogen and oxygen atoms in total. The maximum atomic E-state index is 11.3. The SMILES string of the molecule is O=C(O)N=C(Cl)C(F)(F)F.c1ccccc1. The number of rotatable bonds is 0. The van der Waals surface area contributed by atoms with Gasteiger partial charge in [0.25, 0.3) is 0 Å². The van der Waals surface area contributed by atoms with E-state index in [4.69, 9.17) is 5.11 Å². The topological polar surface area (TPSA) is 49.7 Å². The van der Waals surface area contributed by atoms with E-state index in [1.807, 2.05) is 41.4 Å². The average molecular weight is 254 g/mol. The van der Waals surface area contributed by atoms with Crippen LogP contribution in [0.1, 0.15) is 0 Å². The van der Waals surface area contributed by atoms with Gasteiger partial charge in [-0.2, -0.15) is 18.2 Å². The first-order valence-corrected chi connectivity index (χ1v) is 4.26. The summed E-state index contributed by atoms with van der Waals surface area (Å²) < 4.78 is 33.9. The zero-order chi connectivity index (χ0) is 12.6. The number of nitrogens with zero attached hydrogens (tertiary/aromatic N) is 1. The molecule has 0 heterocycles. The van der Waals surface area contributed by atoms with Crippen LogP contribution in [0.2, 0.25) is 0 Å². The molecule has 1 N–H and O–H groups in total. The highest BCUT2D eigenvalue weighted by atomic mass is 35.5. The zero-order valence-corrected chi connectivity index (χ0v) is 8.53. The number of carbonyl (C=O) groups is 1. The highest BCUT2D eigenvalue weighted by molar-refractivity contribution is 6.67. The third-order valence-electron chi connectivity index (χ3n) is 1.09. The molecular weight excluding hydrogens is 247 g/mol. The lowest BCUT2D eigenvalue weighted by molar-refractivity contribution is -0.0560. The molecule has 1 rings (SSSR count). The monoisotopic (exact) mass is 253 g/mol. The molecule has 0 bridgehead atoms. The van der Waals surface area contributed by atoms with Crippen molar-refractivity contribution in [3.63, 3.8) is 0 Å². The Labute approximate surface area is 94.2 Å². The molecule has 16 heavy (non-hydrogen) atoms. The average Bonchev–Trinajstić information content (AvgIpc) is 2.19. The van der Waals surface area contributed by atoms with Gasteiger partial charge in [-0.15, -0.1) is 0 Å². The van der Waals surface area contributed by atoms with E-state index in [1.165, 1.54) is 0 Å². The second kappa shape index (κ2) is 6.84. The summed E-state index contributed by atoms with van der Waals surface area (Å²) in [6.07, 6.45) is -6.85. The van der Waals surface area contributed by atoms with Crippen LogP contribution >= 0.6 is 11.6 Å². The van der Waals surface area contributed by atoms with E-state index in [9.17, 15) is 18.0 Å². The van der Waals surface area contributed by atoms with Gasteiger partial charge < -0.3 is 5.11 Å². The Morgan fingerprint density at radius 2 is 1.38 bits per heavy atom. The summed E-state index contributed by atoms with van der Waals surface area (Å²) in [5, 5.41) is 5.79. The summed E-state index contributed by atoms with van der Waals surface area (Å²) in [5.74, 6) is 0. The number of carboxylic acid groups (broad SMARTS) is 1. The van der Waals surface area contributed by atoms with Crippen LogP contribution in [0.4, 0.5) is 18.0 Å². The van der Waals surface area contributed by atoms with Gasteiger partial charge in [-0.1, -0.05) is 48.0 Å². The number of hydrogen-bond donors (Lipinski definition) is 1. The fraction of sp³-hybridized carbons (Fsp3) is 0.111. The Hall–Kier alpha value is -1.56. The van der Waals surface area contributed by atoms with Crippen LogP contribution in [0.15, 0.2) is 41.4 Å². The number of aliphatic imine (C=N–C) groups is 1. The fourth-order valence-electron chi connectivity index (χ4n) is 0.532. The summed E-state index contributed by atoms with van der Waals surface area (Å²) >= 11 is 4.40. The van der Waals surface area contributed by atoms with E-state index in [1.54, 1.807) is 0 Å². The van der Waals surface area contributed by atoms with Gasteiger partial charge in [-0.05, 0) is 0 Å². The molecule has 0 spiro atoms. The Bertz CT molecular complexity index is 325. The van der Waals surface area contributed by atoms with E-state index in [2.05, 4.69) is 11.6 Å². The Morgan fingerprint density at radius 1 is 1.06 bits per heavy atom. The van der Waals surface area contributed by atoms with E-state index in [-0.39, 0.29) is 0 Å². The largest absolute Gasteiger partial charge is 0.463 e. The molecule has 0 aliphatic rings. The number of alkyl halides is 3. The van der Waals surface area contributed by atoms with E-state index in [0.29, 0.717) is 0 Å². The fourth-order valence-corrected chi connectivity index (χ4v) is 0.605. The summed E-state index contributed by atoms with van der Waals surface area (Å²) in [5.41, 5.74) is 0. The number of amides is 1. The van der Waals surface area contributed by atoms with Crippen molar-refractivity contribution in [3.8, 4) is 0 Å². The Kier molecular flexibility index (Phi) is 6.17. The third kappa shape index (κ3) is 7.81. The molecule has 1 aromatic rings. The van der Waals surface area contributed by atoms with Crippen molar-refractivity contribution < 1.29 is 23.1 Å². The van der Waals surface area contributed by atoms with Gasteiger partial charge in [-0.3, -0.25) is 0 Å². The van der Waals surface area contributed by atoms with Crippen LogP contribution in [0, 0.1) is 0 Å². The number of halogens is 4. The molecule has 7 heteroatoms. The lowest BCUT2D eigenvalue weighted by Crippen LogP contribution is -2.18. The molecule has 0 aliphatic carbocycles. The van der Waals surface area contributed by atoms with Crippen LogP contribution in [-0.2, 0) is 0 Å². The molecule has 1 amide bonds. The van der Waals surface area contributed by atoms with Gasteiger partial charge in [0.05, 0.1) is 0 Å². The quantitative estimate of drug-likeness (QED) is 0.719. The predicted molar refractivity (Wildman–Crippen MR) is 53.8 cm³/mol. The first kappa shape index (κ1) is 14.4. The molecule has 0 atom stereocenters. The van der Waals surface area contributed by atoms with Crippen LogP contribution in [0.25, 0.3) is 0 Å². The van der Waals surface area contributed by atoms with Crippen LogP contribution in [0.5, 0.6) is 0 Å². The van der Waals surface area contributed by atoms with Crippen molar-refractivity contribution in [1.82, 2.24) is 0 Å². The first-order valence-electron chi connectivity index (χ1n) is 3.88. The lowest BCUT2D eigenvalue weighted by atomic mass is 10.4. The van der Waals surface area contributed by atoms with Crippen molar-refractivity contribution in [2.75, 3.05) is 0 Å². The van der Waals surface area contributed by atoms with Gasteiger partial charge in [0.1, 0.15) is 0 Å². The first-order chi connectivity index (χ1) is 7.34. The Morgan fingerprint density at radius 3 is 1.50 bits per heavy atom. The molecule has 0 aromatic heterocycles. The van der Waals surface area contributed by atoms with Crippen LogP contribution < -0.4 is 0 Å². The third-order valence-corrected chi connectivity index (χ3v) is 1.39. The van der Waals surface area contributed by atoms with Gasteiger partial charge in [-0.25, -0.2) is 4.79 Å². The molecule has 1 aromatic carbocycles. The molecule has 0 radical (unpaired) electrons. The summed E-state index contributed by atoms with van der Waals surface area (Å²) in [4.78, 5) is 11.5. The number of benzene rings is 1. The maximum Gasteiger partial charge on any atom is 0.444 e. The van der Waals surface area contributed by atoms with Gasteiger partial charge in [0.15, 0.2) is 0 Å². The summed E-state index contributed by atoms with van der Waals surface area (Å²) in [6.45, 7) is 0. The molecule has 0 unspecified atom stereocenters. The minimum atomic E-state index is -4.88. The van der Waals surface area contributed by atoms with Crippen LogP contribution in [0.3, 0.4) is 0 Å². The van der Waals surface area contributed by atoms with Crippen molar-refractivity contribution in [2.24, 2.45) is 4.99 Å². The standard InChI is InChI=1S/C6H6.C3HClF3NO2/c1-2-4-6-5-3-1;4-1(3(5,6)7)8-2(9)10/h1-6H;(H,9,10). The molecule has 0 saturated heterocycles. The highest BCUT2D eigenvalue weighted by Gasteiger charge is 2.35. The van der Waals surface area contributed by atoms with Crippen molar-refractivity contribution in [1.29, 1.82) is 0 Å². The second-order valence-electron chi connectivity index (χ2n) is 2.34. The maximum absolute atomic E-state index is 11.3. The number of hydrogen-bond acceptors (Lipinski definition) is 1. The predicted octanol–water partition coefficient (Wildman–Crippen LogP) is 3.55. The van der Waals surface area contributed by atoms with Crippen LogP contribution in [-0.4, -0.2) is 22.5 Å². The molecule has 0 saturated carbocycles. The van der Waals surface area contributed by atoms with Gasteiger partial charge >= 0.3 is 12.3 Å². The van der Waals surface area contributed by atoms with Crippen molar-refractivity contribution in [2.45, 2.75) is 6.18 Å². The molecule has 0 fully saturated rings. The summed E-state index contributed by atoms with van der Waals surface area (Å²) in [6, 6.07) is 12.0. The minimum Gasteiger partial charge on any atom is -0.463 e. The molecular formula is C9H7ClF3NO2. The van der Waals surface area contributed by atoms with E-state index < -0.39 is 17.4 Å².